The number of halogens is 2. The van der Waals surface area contributed by atoms with E-state index in [1.54, 1.807) is 36.7 Å². The van der Waals surface area contributed by atoms with Crippen molar-refractivity contribution in [1.29, 1.82) is 0 Å². The van der Waals surface area contributed by atoms with Crippen LogP contribution in [0.15, 0.2) is 72.7 Å². The smallest absolute Gasteiger partial charge is 0.278 e. The number of imide groups is 1. The van der Waals surface area contributed by atoms with Crippen molar-refractivity contribution in [2.24, 2.45) is 0 Å². The summed E-state index contributed by atoms with van der Waals surface area (Å²) in [7, 11) is 0. The molecule has 31 heavy (non-hydrogen) atoms. The molecular weight excluding hydrogens is 433 g/mol. The molecule has 0 aliphatic carbocycles. The molecule has 0 saturated carbocycles. The van der Waals surface area contributed by atoms with E-state index in [-0.39, 0.29) is 17.8 Å². The molecule has 0 radical (unpaired) electrons. The lowest BCUT2D eigenvalue weighted by molar-refractivity contribution is -0.137. The van der Waals surface area contributed by atoms with Crippen LogP contribution < -0.4 is 5.32 Å². The first-order valence-electron chi connectivity index (χ1n) is 9.78. The van der Waals surface area contributed by atoms with Crippen LogP contribution in [0.2, 0.25) is 10.0 Å². The molecule has 0 saturated heterocycles. The minimum Gasteiger partial charge on any atom is -0.350 e. The normalized spacial score (nSPS) is 13.8. The van der Waals surface area contributed by atoms with E-state index in [0.29, 0.717) is 21.3 Å². The molecule has 2 amide bonds. The van der Waals surface area contributed by atoms with Crippen molar-refractivity contribution in [1.82, 2.24) is 9.88 Å². The molecule has 0 spiro atoms. The fourth-order valence-corrected chi connectivity index (χ4v) is 3.92. The number of aryl methyl sites for hydroxylation is 1. The summed E-state index contributed by atoms with van der Waals surface area (Å²) in [5.41, 5.74) is 3.48. The molecule has 0 bridgehead atoms. The average Bonchev–Trinajstić information content (AvgIpc) is 2.99. The van der Waals surface area contributed by atoms with E-state index in [9.17, 15) is 9.59 Å². The Hall–Kier alpha value is -3.15. The quantitative estimate of drug-likeness (QED) is 0.513. The molecule has 4 rings (SSSR count). The molecule has 156 valence electrons. The summed E-state index contributed by atoms with van der Waals surface area (Å²) < 4.78 is 0. The average molecular weight is 452 g/mol. The van der Waals surface area contributed by atoms with Gasteiger partial charge in [-0.05, 0) is 47.9 Å². The first-order chi connectivity index (χ1) is 15.0. The highest BCUT2D eigenvalue weighted by Crippen LogP contribution is 2.36. The van der Waals surface area contributed by atoms with Crippen LogP contribution in [0.5, 0.6) is 0 Å². The minimum atomic E-state index is -0.425. The molecule has 2 aromatic carbocycles. The number of amides is 2. The fraction of sp³-hybridized carbons (Fsp3) is 0.125. The number of benzene rings is 2. The number of carbonyl (C=O) groups excluding carboxylic acids is 2. The third kappa shape index (κ3) is 4.33. The molecule has 0 atom stereocenters. The summed E-state index contributed by atoms with van der Waals surface area (Å²) in [6.45, 7) is 2.18. The zero-order valence-electron chi connectivity index (χ0n) is 16.7. The van der Waals surface area contributed by atoms with Gasteiger partial charge in [0.15, 0.2) is 0 Å². The highest BCUT2D eigenvalue weighted by Gasteiger charge is 2.40. The summed E-state index contributed by atoms with van der Waals surface area (Å²) >= 11 is 12.4. The lowest BCUT2D eigenvalue weighted by Gasteiger charge is -2.15. The molecule has 0 fully saturated rings. The van der Waals surface area contributed by atoms with Gasteiger partial charge in [-0.15, -0.1) is 0 Å². The number of hydrogen-bond acceptors (Lipinski definition) is 4. The molecule has 2 heterocycles. The zero-order valence-corrected chi connectivity index (χ0v) is 18.2. The van der Waals surface area contributed by atoms with Gasteiger partial charge in [0.1, 0.15) is 5.70 Å². The van der Waals surface area contributed by atoms with Gasteiger partial charge in [-0.25, -0.2) is 0 Å². The topological polar surface area (TPSA) is 62.3 Å². The highest BCUT2D eigenvalue weighted by molar-refractivity contribution is 6.41. The molecule has 1 N–H and O–H groups in total. The maximum absolute atomic E-state index is 13.4. The monoisotopic (exact) mass is 451 g/mol. The van der Waals surface area contributed by atoms with Gasteiger partial charge in [-0.2, -0.15) is 0 Å². The van der Waals surface area contributed by atoms with Crippen LogP contribution in [-0.4, -0.2) is 21.7 Å². The Morgan fingerprint density at radius 2 is 1.74 bits per heavy atom. The molecule has 5 nitrogen and oxygen atoms in total. The van der Waals surface area contributed by atoms with Crippen molar-refractivity contribution < 1.29 is 9.59 Å². The van der Waals surface area contributed by atoms with Crippen molar-refractivity contribution in [3.63, 3.8) is 0 Å². The number of nitrogens with zero attached hydrogens (tertiary/aromatic N) is 2. The third-order valence-electron chi connectivity index (χ3n) is 5.06. The Morgan fingerprint density at radius 3 is 2.39 bits per heavy atom. The SMILES string of the molecule is CCc1ccc(NC2=C(c3ccc(Cl)cc3Cl)C(=O)N(Cc3cccnc3)C2=O)cc1. The largest absolute Gasteiger partial charge is 0.350 e. The maximum Gasteiger partial charge on any atom is 0.278 e. The predicted octanol–water partition coefficient (Wildman–Crippen LogP) is 5.34. The Labute approximate surface area is 190 Å². The van der Waals surface area contributed by atoms with Gasteiger partial charge in [0, 0.05) is 28.7 Å². The second-order valence-corrected chi connectivity index (χ2v) is 7.95. The van der Waals surface area contributed by atoms with E-state index in [4.69, 9.17) is 23.2 Å². The van der Waals surface area contributed by atoms with Gasteiger partial charge in [0.2, 0.25) is 0 Å². The van der Waals surface area contributed by atoms with Gasteiger partial charge in [-0.1, -0.05) is 54.4 Å². The number of rotatable bonds is 6. The van der Waals surface area contributed by atoms with Gasteiger partial charge >= 0.3 is 0 Å². The van der Waals surface area contributed by atoms with Crippen LogP contribution in [0.3, 0.4) is 0 Å². The number of pyridine rings is 1. The first-order valence-corrected chi connectivity index (χ1v) is 10.5. The Bertz CT molecular complexity index is 1180. The molecule has 0 unspecified atom stereocenters. The Kier molecular flexibility index (Phi) is 6.07. The van der Waals surface area contributed by atoms with E-state index in [1.807, 2.05) is 30.3 Å². The summed E-state index contributed by atoms with van der Waals surface area (Å²) in [5.74, 6) is -0.847. The lowest BCUT2D eigenvalue weighted by Crippen LogP contribution is -2.32. The van der Waals surface area contributed by atoms with Crippen molar-refractivity contribution >= 4 is 46.3 Å². The molecular formula is C24H19Cl2N3O2. The van der Waals surface area contributed by atoms with Gasteiger partial charge in [0.25, 0.3) is 11.8 Å². The molecule has 7 heteroatoms. The molecule has 1 aromatic heterocycles. The van der Waals surface area contributed by atoms with Crippen molar-refractivity contribution in [2.75, 3.05) is 5.32 Å². The van der Waals surface area contributed by atoms with Crippen LogP contribution in [0, 0.1) is 0 Å². The molecule has 1 aliphatic rings. The second-order valence-electron chi connectivity index (χ2n) is 7.11. The number of carbonyl (C=O) groups is 2. The van der Waals surface area contributed by atoms with E-state index in [2.05, 4.69) is 17.2 Å². The Morgan fingerprint density at radius 1 is 0.968 bits per heavy atom. The minimum absolute atomic E-state index is 0.111. The van der Waals surface area contributed by atoms with E-state index < -0.39 is 11.8 Å². The van der Waals surface area contributed by atoms with Crippen molar-refractivity contribution in [3.8, 4) is 0 Å². The van der Waals surface area contributed by atoms with E-state index in [1.165, 1.54) is 10.5 Å². The summed E-state index contributed by atoms with van der Waals surface area (Å²) in [6, 6.07) is 16.2. The van der Waals surface area contributed by atoms with Crippen LogP contribution in [0.1, 0.15) is 23.6 Å². The van der Waals surface area contributed by atoms with Gasteiger partial charge in [0.05, 0.1) is 17.1 Å². The van der Waals surface area contributed by atoms with Crippen molar-refractivity contribution in [3.05, 3.63) is 99.4 Å². The number of hydrogen-bond donors (Lipinski definition) is 1. The Balaban J connectivity index is 1.76. The van der Waals surface area contributed by atoms with Gasteiger partial charge in [-0.3, -0.25) is 19.5 Å². The van der Waals surface area contributed by atoms with Crippen LogP contribution in [0.4, 0.5) is 5.69 Å². The lowest BCUT2D eigenvalue weighted by atomic mass is 10.0. The molecule has 1 aliphatic heterocycles. The van der Waals surface area contributed by atoms with Crippen LogP contribution in [0.25, 0.3) is 5.57 Å². The van der Waals surface area contributed by atoms with E-state index in [0.717, 1.165) is 12.0 Å². The highest BCUT2D eigenvalue weighted by atomic mass is 35.5. The maximum atomic E-state index is 13.4. The van der Waals surface area contributed by atoms with Crippen LogP contribution >= 0.6 is 23.2 Å². The fourth-order valence-electron chi connectivity index (χ4n) is 3.42. The zero-order chi connectivity index (χ0) is 22.0. The number of aromatic nitrogens is 1. The first kappa shape index (κ1) is 21.1. The third-order valence-corrected chi connectivity index (χ3v) is 5.61. The number of nitrogens with one attached hydrogen (secondary N) is 1. The summed E-state index contributed by atoms with van der Waals surface area (Å²) in [6.07, 6.45) is 4.18. The number of anilines is 1. The van der Waals surface area contributed by atoms with Crippen LogP contribution in [-0.2, 0) is 22.6 Å². The van der Waals surface area contributed by atoms with E-state index >= 15 is 0 Å². The second kappa shape index (κ2) is 8.92. The molecule has 3 aromatic rings. The predicted molar refractivity (Wildman–Crippen MR) is 123 cm³/mol. The summed E-state index contributed by atoms with van der Waals surface area (Å²) in [5, 5.41) is 3.88. The van der Waals surface area contributed by atoms with Gasteiger partial charge < -0.3 is 5.32 Å². The van der Waals surface area contributed by atoms with Crippen molar-refractivity contribution in [2.45, 2.75) is 19.9 Å². The summed E-state index contributed by atoms with van der Waals surface area (Å²) in [4.78, 5) is 31.9. The standard InChI is InChI=1S/C24H19Cl2N3O2/c1-2-15-5-8-18(9-6-15)28-22-21(19-10-7-17(25)12-20(19)26)23(30)29(24(22)31)14-16-4-3-11-27-13-16/h3-13,28H,2,14H2,1H3.